The van der Waals surface area contributed by atoms with Crippen molar-refractivity contribution in [3.05, 3.63) is 82.1 Å². The highest BCUT2D eigenvalue weighted by Crippen LogP contribution is 2.33. The van der Waals surface area contributed by atoms with Crippen LogP contribution in [-0.2, 0) is 26.2 Å². The number of methoxy groups -OCH3 is 2. The lowest BCUT2D eigenvalue weighted by atomic mass is 9.95. The molecule has 0 spiro atoms. The van der Waals surface area contributed by atoms with Crippen LogP contribution in [0.3, 0.4) is 0 Å². The van der Waals surface area contributed by atoms with E-state index in [1.807, 2.05) is 0 Å². The summed E-state index contributed by atoms with van der Waals surface area (Å²) in [6.07, 6.45) is 4.77. The van der Waals surface area contributed by atoms with Crippen LogP contribution in [-0.4, -0.2) is 58.0 Å². The molecule has 1 fully saturated rings. The molecule has 0 radical (unpaired) electrons. The number of sulfonamides is 1. The summed E-state index contributed by atoms with van der Waals surface area (Å²) in [5, 5.41) is 3.61. The van der Waals surface area contributed by atoms with Crippen LogP contribution in [0.2, 0.25) is 10.0 Å². The van der Waals surface area contributed by atoms with Gasteiger partial charge in [-0.3, -0.25) is 13.9 Å². The zero-order chi connectivity index (χ0) is 32.7. The van der Waals surface area contributed by atoms with Gasteiger partial charge in [0.05, 0.1) is 24.8 Å². The SMILES string of the molecule is COc1ccc(S(=O)(=O)N(CC(=O)N(Cc2c(Cl)cccc2Cl)[C@H](C)C(=O)NC2CCCCC2)c2ccc(F)cc2)cc1OC. The van der Waals surface area contributed by atoms with Gasteiger partial charge in [0.1, 0.15) is 18.4 Å². The number of nitrogens with one attached hydrogen (secondary N) is 1. The van der Waals surface area contributed by atoms with Crippen LogP contribution in [0, 0.1) is 5.82 Å². The van der Waals surface area contributed by atoms with E-state index in [2.05, 4.69) is 5.32 Å². The third-order valence-corrected chi connectivity index (χ3v) is 10.3. The summed E-state index contributed by atoms with van der Waals surface area (Å²) < 4.78 is 53.5. The maximum absolute atomic E-state index is 14.2. The molecule has 0 aliphatic heterocycles. The molecule has 1 N–H and O–H groups in total. The lowest BCUT2D eigenvalue weighted by molar-refractivity contribution is -0.139. The van der Waals surface area contributed by atoms with Crippen molar-refractivity contribution in [1.29, 1.82) is 0 Å². The molecular weight excluding hydrogens is 644 g/mol. The van der Waals surface area contributed by atoms with E-state index in [0.717, 1.165) is 48.5 Å². The van der Waals surface area contributed by atoms with Gasteiger partial charge in [-0.1, -0.05) is 48.5 Å². The Kier molecular flexibility index (Phi) is 11.6. The number of carbonyl (C=O) groups excluding carboxylic acids is 2. The number of amides is 2. The van der Waals surface area contributed by atoms with Crippen molar-refractivity contribution >= 4 is 50.7 Å². The summed E-state index contributed by atoms with van der Waals surface area (Å²) in [6.45, 7) is 0.696. The van der Waals surface area contributed by atoms with Gasteiger partial charge < -0.3 is 19.7 Å². The molecule has 1 atom stereocenters. The minimum Gasteiger partial charge on any atom is -0.493 e. The Hall–Kier alpha value is -3.54. The number of rotatable bonds is 12. The number of ether oxygens (including phenoxy) is 2. The summed E-state index contributed by atoms with van der Waals surface area (Å²) in [6, 6.07) is 12.6. The zero-order valence-corrected chi connectivity index (χ0v) is 27.6. The van der Waals surface area contributed by atoms with E-state index >= 15 is 0 Å². The van der Waals surface area contributed by atoms with Gasteiger partial charge in [-0.25, -0.2) is 12.8 Å². The summed E-state index contributed by atoms with van der Waals surface area (Å²) >= 11 is 12.9. The number of carbonyl (C=O) groups is 2. The predicted molar refractivity (Wildman–Crippen MR) is 172 cm³/mol. The second kappa shape index (κ2) is 15.2. The van der Waals surface area contributed by atoms with Crippen LogP contribution in [0.15, 0.2) is 65.6 Å². The average Bonchev–Trinajstić information content (AvgIpc) is 3.03. The minimum atomic E-state index is -4.44. The van der Waals surface area contributed by atoms with Crippen LogP contribution in [0.5, 0.6) is 11.5 Å². The van der Waals surface area contributed by atoms with Crippen molar-refractivity contribution in [2.45, 2.75) is 62.6 Å². The molecule has 3 aromatic rings. The fourth-order valence-electron chi connectivity index (χ4n) is 5.25. The Morgan fingerprint density at radius 3 is 2.18 bits per heavy atom. The summed E-state index contributed by atoms with van der Waals surface area (Å²) in [5.74, 6) is -1.20. The largest absolute Gasteiger partial charge is 0.493 e. The Labute approximate surface area is 273 Å². The maximum Gasteiger partial charge on any atom is 0.264 e. The van der Waals surface area contributed by atoms with Crippen molar-refractivity contribution in [2.24, 2.45) is 0 Å². The van der Waals surface area contributed by atoms with Crippen molar-refractivity contribution in [3.8, 4) is 11.5 Å². The van der Waals surface area contributed by atoms with Crippen LogP contribution in [0.1, 0.15) is 44.6 Å². The van der Waals surface area contributed by atoms with E-state index in [1.165, 1.54) is 49.5 Å². The van der Waals surface area contributed by atoms with E-state index in [0.29, 0.717) is 11.3 Å². The topological polar surface area (TPSA) is 105 Å². The molecule has 0 unspecified atom stereocenters. The first-order chi connectivity index (χ1) is 21.5. The lowest BCUT2D eigenvalue weighted by Gasteiger charge is -2.33. The molecule has 13 heteroatoms. The maximum atomic E-state index is 14.2. The van der Waals surface area contributed by atoms with Gasteiger partial charge in [-0.15, -0.1) is 0 Å². The van der Waals surface area contributed by atoms with E-state index in [9.17, 15) is 22.4 Å². The van der Waals surface area contributed by atoms with Gasteiger partial charge in [0, 0.05) is 34.3 Å². The smallest absolute Gasteiger partial charge is 0.264 e. The molecule has 0 aromatic heterocycles. The number of halogens is 3. The van der Waals surface area contributed by atoms with Gasteiger partial charge in [-0.05, 0) is 68.3 Å². The van der Waals surface area contributed by atoms with Crippen LogP contribution in [0.4, 0.5) is 10.1 Å². The van der Waals surface area contributed by atoms with Crippen molar-refractivity contribution < 1.29 is 31.9 Å². The molecule has 242 valence electrons. The van der Waals surface area contributed by atoms with Gasteiger partial charge >= 0.3 is 0 Å². The van der Waals surface area contributed by atoms with Crippen molar-refractivity contribution in [3.63, 3.8) is 0 Å². The fraction of sp³-hybridized carbons (Fsp3) is 0.375. The monoisotopic (exact) mass is 679 g/mol. The first kappa shape index (κ1) is 34.3. The van der Waals surface area contributed by atoms with Crippen molar-refractivity contribution in [2.75, 3.05) is 25.1 Å². The minimum absolute atomic E-state index is 0.0179. The Morgan fingerprint density at radius 1 is 0.956 bits per heavy atom. The summed E-state index contributed by atoms with van der Waals surface area (Å²) in [7, 11) is -1.65. The molecule has 1 aliphatic rings. The number of hydrogen-bond donors (Lipinski definition) is 1. The Morgan fingerprint density at radius 2 is 1.58 bits per heavy atom. The van der Waals surface area contributed by atoms with Crippen LogP contribution >= 0.6 is 23.2 Å². The number of nitrogens with zero attached hydrogens (tertiary/aromatic N) is 2. The van der Waals surface area contributed by atoms with Gasteiger partial charge in [0.15, 0.2) is 11.5 Å². The van der Waals surface area contributed by atoms with Gasteiger partial charge in [-0.2, -0.15) is 0 Å². The summed E-state index contributed by atoms with van der Waals surface area (Å²) in [4.78, 5) is 28.7. The third kappa shape index (κ3) is 8.19. The highest BCUT2D eigenvalue weighted by molar-refractivity contribution is 7.92. The Balaban J connectivity index is 1.73. The van der Waals surface area contributed by atoms with Crippen LogP contribution in [0.25, 0.3) is 0 Å². The molecule has 0 bridgehead atoms. The molecule has 1 aliphatic carbocycles. The molecule has 2 amide bonds. The molecule has 3 aromatic carbocycles. The van der Waals surface area contributed by atoms with E-state index < -0.39 is 34.3 Å². The first-order valence-corrected chi connectivity index (χ1v) is 16.7. The number of anilines is 1. The van der Waals surface area contributed by atoms with E-state index in [4.69, 9.17) is 32.7 Å². The first-order valence-electron chi connectivity index (χ1n) is 14.5. The average molecular weight is 681 g/mol. The lowest BCUT2D eigenvalue weighted by Crippen LogP contribution is -2.53. The van der Waals surface area contributed by atoms with Crippen molar-refractivity contribution in [1.82, 2.24) is 10.2 Å². The molecule has 4 rings (SSSR count). The van der Waals surface area contributed by atoms with Gasteiger partial charge in [0.25, 0.3) is 10.0 Å². The quantitative estimate of drug-likeness (QED) is 0.244. The van der Waals surface area contributed by atoms with Gasteiger partial charge in [0.2, 0.25) is 11.8 Å². The normalized spacial score (nSPS) is 14.4. The Bertz CT molecular complexity index is 1600. The highest BCUT2D eigenvalue weighted by atomic mass is 35.5. The molecule has 0 heterocycles. The summed E-state index contributed by atoms with van der Waals surface area (Å²) in [5.41, 5.74) is 0.442. The van der Waals surface area contributed by atoms with E-state index in [-0.39, 0.29) is 44.9 Å². The van der Waals surface area contributed by atoms with E-state index in [1.54, 1.807) is 25.1 Å². The molecular formula is C32H36Cl2FN3O6S. The number of benzene rings is 3. The third-order valence-electron chi connectivity index (χ3n) is 7.85. The zero-order valence-electron chi connectivity index (χ0n) is 25.3. The molecule has 1 saturated carbocycles. The second-order valence-electron chi connectivity index (χ2n) is 10.7. The second-order valence-corrected chi connectivity index (χ2v) is 13.4. The number of hydrogen-bond acceptors (Lipinski definition) is 6. The fourth-order valence-corrected chi connectivity index (χ4v) is 7.19. The van der Waals surface area contributed by atoms with Crippen LogP contribution < -0.4 is 19.1 Å². The molecule has 0 saturated heterocycles. The standard InChI is InChI=1S/C32H36Cl2FN3O6S/c1-21(32(40)36-23-8-5-4-6-9-23)37(19-26-27(33)10-7-11-28(26)34)31(39)20-38(24-14-12-22(35)13-15-24)45(41,42)25-16-17-29(43-2)30(18-25)44-3/h7,10-18,21,23H,4-6,8-9,19-20H2,1-3H3,(H,36,40)/t21-/m1/s1. The molecule has 9 nitrogen and oxygen atoms in total. The highest BCUT2D eigenvalue weighted by Gasteiger charge is 2.34. The molecule has 45 heavy (non-hydrogen) atoms. The predicted octanol–water partition coefficient (Wildman–Crippen LogP) is 6.21.